The van der Waals surface area contributed by atoms with Crippen LogP contribution < -0.4 is 21.7 Å². The molecule has 0 spiro atoms. The van der Waals surface area contributed by atoms with E-state index in [0.717, 1.165) is 5.56 Å². The molecule has 0 radical (unpaired) electrons. The molecule has 0 unspecified atom stereocenters. The normalized spacial score (nSPS) is 22.9. The van der Waals surface area contributed by atoms with Gasteiger partial charge in [-0.3, -0.25) is 14.4 Å². The molecule has 0 bridgehead atoms. The van der Waals surface area contributed by atoms with Crippen molar-refractivity contribution in [3.05, 3.63) is 47.5 Å². The Morgan fingerprint density at radius 1 is 1.16 bits per heavy atom. The van der Waals surface area contributed by atoms with Crippen molar-refractivity contribution in [2.45, 2.75) is 57.0 Å². The van der Waals surface area contributed by atoms with Crippen molar-refractivity contribution in [3.63, 3.8) is 0 Å². The predicted octanol–water partition coefficient (Wildman–Crippen LogP) is -1.02. The number of hydrogen-bond donors (Lipinski definition) is 6. The Balaban J connectivity index is 2.14. The van der Waals surface area contributed by atoms with Gasteiger partial charge in [-0.15, -0.1) is 0 Å². The minimum atomic E-state index is -1.26. The van der Waals surface area contributed by atoms with Gasteiger partial charge in [0.1, 0.15) is 12.1 Å². The highest BCUT2D eigenvalue weighted by atomic mass is 16.3. The molecule has 0 saturated carbocycles. The molecule has 5 atom stereocenters. The first-order valence-corrected chi connectivity index (χ1v) is 10.3. The molecule has 9 nitrogen and oxygen atoms in total. The lowest BCUT2D eigenvalue weighted by Gasteiger charge is -2.32. The van der Waals surface area contributed by atoms with Crippen LogP contribution in [0.1, 0.15) is 25.8 Å². The smallest absolute Gasteiger partial charge is 0.247 e. The largest absolute Gasteiger partial charge is 0.390 e. The van der Waals surface area contributed by atoms with E-state index in [4.69, 9.17) is 5.73 Å². The minimum Gasteiger partial charge on any atom is -0.390 e. The van der Waals surface area contributed by atoms with Crippen molar-refractivity contribution < 1.29 is 24.6 Å². The van der Waals surface area contributed by atoms with Crippen molar-refractivity contribution >= 4 is 17.7 Å². The Morgan fingerprint density at radius 3 is 2.35 bits per heavy atom. The average Bonchev–Trinajstić information content (AvgIpc) is 2.71. The Hall–Kier alpha value is -2.75. The number of aliphatic hydroxyl groups is 2. The van der Waals surface area contributed by atoms with Gasteiger partial charge in [-0.05, 0) is 18.5 Å². The number of amides is 3. The number of hydrogen-bond acceptors (Lipinski definition) is 6. The Bertz CT molecular complexity index is 811. The zero-order valence-corrected chi connectivity index (χ0v) is 18.0. The number of nitrogens with one attached hydrogen (secondary N) is 3. The van der Waals surface area contributed by atoms with Gasteiger partial charge in [-0.25, -0.2) is 0 Å². The summed E-state index contributed by atoms with van der Waals surface area (Å²) in [6, 6.07) is 6.73. The van der Waals surface area contributed by atoms with E-state index in [1.807, 2.05) is 44.2 Å². The summed E-state index contributed by atoms with van der Waals surface area (Å²) in [5.74, 6) is -1.63. The molecule has 9 heteroatoms. The van der Waals surface area contributed by atoms with Crippen LogP contribution in [-0.2, 0) is 20.8 Å². The van der Waals surface area contributed by atoms with Gasteiger partial charge in [0.05, 0.1) is 18.2 Å². The van der Waals surface area contributed by atoms with Crippen molar-refractivity contribution in [1.29, 1.82) is 0 Å². The van der Waals surface area contributed by atoms with E-state index in [9.17, 15) is 24.6 Å². The Morgan fingerprint density at radius 2 is 1.81 bits per heavy atom. The molecule has 1 aliphatic rings. The topological polar surface area (TPSA) is 154 Å². The quantitative estimate of drug-likeness (QED) is 0.294. The van der Waals surface area contributed by atoms with Gasteiger partial charge in [0.2, 0.25) is 17.7 Å². The summed E-state index contributed by atoms with van der Waals surface area (Å²) in [5, 5.41) is 28.7. The molecule has 31 heavy (non-hydrogen) atoms. The summed E-state index contributed by atoms with van der Waals surface area (Å²) in [6.07, 6.45) is -0.988. The summed E-state index contributed by atoms with van der Waals surface area (Å²) in [5.41, 5.74) is 6.45. The van der Waals surface area contributed by atoms with Crippen molar-refractivity contribution in [1.82, 2.24) is 16.0 Å². The molecule has 3 amide bonds. The van der Waals surface area contributed by atoms with Gasteiger partial charge in [-0.2, -0.15) is 0 Å². The summed E-state index contributed by atoms with van der Waals surface area (Å²) in [6.45, 7) is 3.75. The maximum absolute atomic E-state index is 12.8. The highest BCUT2D eigenvalue weighted by molar-refractivity contribution is 5.97. The second-order valence-electron chi connectivity index (χ2n) is 8.12. The number of benzene rings is 1. The average molecular weight is 433 g/mol. The van der Waals surface area contributed by atoms with Crippen molar-refractivity contribution in [2.75, 3.05) is 7.05 Å². The van der Waals surface area contributed by atoms with E-state index in [-0.39, 0.29) is 30.2 Å². The molecule has 0 aromatic heterocycles. The van der Waals surface area contributed by atoms with E-state index in [1.54, 1.807) is 7.05 Å². The number of carbonyl (C=O) groups excluding carboxylic acids is 3. The molecule has 0 heterocycles. The minimum absolute atomic E-state index is 0.00304. The summed E-state index contributed by atoms with van der Waals surface area (Å²) in [7, 11) is 1.65. The lowest BCUT2D eigenvalue weighted by atomic mass is 9.89. The Labute approximate surface area is 182 Å². The summed E-state index contributed by atoms with van der Waals surface area (Å²) < 4.78 is 0. The second-order valence-corrected chi connectivity index (χ2v) is 8.12. The lowest BCUT2D eigenvalue weighted by Crippen LogP contribution is -2.56. The maximum atomic E-state index is 12.8. The van der Waals surface area contributed by atoms with Crippen LogP contribution in [0.3, 0.4) is 0 Å². The fourth-order valence-corrected chi connectivity index (χ4v) is 3.61. The lowest BCUT2D eigenvalue weighted by molar-refractivity contribution is -0.127. The second kappa shape index (κ2) is 11.0. The van der Waals surface area contributed by atoms with E-state index < -0.39 is 42.1 Å². The molecule has 1 aromatic rings. The molecule has 170 valence electrons. The number of primary amides is 1. The number of nitrogens with two attached hydrogens (primary N) is 1. The van der Waals surface area contributed by atoms with E-state index in [2.05, 4.69) is 16.0 Å². The van der Waals surface area contributed by atoms with Crippen LogP contribution in [0.15, 0.2) is 42.0 Å². The van der Waals surface area contributed by atoms with Crippen LogP contribution in [-0.4, -0.2) is 65.3 Å². The monoisotopic (exact) mass is 432 g/mol. The first kappa shape index (κ1) is 24.5. The number of carbonyl (C=O) groups is 3. The molecule has 1 aliphatic carbocycles. The van der Waals surface area contributed by atoms with Crippen LogP contribution in [0.5, 0.6) is 0 Å². The molecule has 2 rings (SSSR count). The predicted molar refractivity (Wildman–Crippen MR) is 116 cm³/mol. The standard InChI is InChI=1S/C22H32N4O5/c1-12(2)18(24-3)22(31)25-15-10-14(11-17(27)19(15)28)21(30)26-16(20(23)29)9-13-7-5-4-6-8-13/h4-8,10,12,15-19,24,27-28H,9,11H2,1-3H3,(H2,23,29)(H,25,31)(H,26,30)/t15-,16+,17+,18-,19+/m0/s1. The van der Waals surface area contributed by atoms with Crippen LogP contribution in [0, 0.1) is 5.92 Å². The van der Waals surface area contributed by atoms with Crippen LogP contribution in [0.4, 0.5) is 0 Å². The summed E-state index contributed by atoms with van der Waals surface area (Å²) >= 11 is 0. The summed E-state index contributed by atoms with van der Waals surface area (Å²) in [4.78, 5) is 37.2. The zero-order chi connectivity index (χ0) is 23.1. The van der Waals surface area contributed by atoms with Gasteiger partial charge >= 0.3 is 0 Å². The Kier molecular flexibility index (Phi) is 8.73. The first-order valence-electron chi connectivity index (χ1n) is 10.3. The van der Waals surface area contributed by atoms with E-state index in [1.165, 1.54) is 6.08 Å². The molecular formula is C22H32N4O5. The van der Waals surface area contributed by atoms with Gasteiger partial charge in [0, 0.05) is 18.4 Å². The molecule has 7 N–H and O–H groups in total. The van der Waals surface area contributed by atoms with Gasteiger partial charge in [0.15, 0.2) is 0 Å². The molecule has 0 saturated heterocycles. The van der Waals surface area contributed by atoms with Crippen molar-refractivity contribution in [2.24, 2.45) is 11.7 Å². The number of likely N-dealkylation sites (N-methyl/N-ethyl adjacent to an activating group) is 1. The van der Waals surface area contributed by atoms with E-state index >= 15 is 0 Å². The molecule has 1 aromatic carbocycles. The van der Waals surface area contributed by atoms with E-state index in [0.29, 0.717) is 0 Å². The highest BCUT2D eigenvalue weighted by Crippen LogP contribution is 2.20. The number of rotatable bonds is 9. The van der Waals surface area contributed by atoms with Crippen LogP contribution >= 0.6 is 0 Å². The maximum Gasteiger partial charge on any atom is 0.247 e. The SMILES string of the molecule is CN[C@H](C(=O)N[C@H]1C=C(C(=O)N[C@H](Cc2ccccc2)C(N)=O)C[C@@H](O)[C@@H]1O)C(C)C. The van der Waals surface area contributed by atoms with Gasteiger partial charge < -0.3 is 31.9 Å². The zero-order valence-electron chi connectivity index (χ0n) is 18.0. The number of aliphatic hydroxyl groups excluding tert-OH is 2. The van der Waals surface area contributed by atoms with Gasteiger partial charge in [0.25, 0.3) is 0 Å². The fraction of sp³-hybridized carbons (Fsp3) is 0.500. The third-order valence-electron chi connectivity index (χ3n) is 5.36. The van der Waals surface area contributed by atoms with Crippen LogP contribution in [0.2, 0.25) is 0 Å². The first-order chi connectivity index (χ1) is 14.6. The van der Waals surface area contributed by atoms with Crippen molar-refractivity contribution in [3.8, 4) is 0 Å². The molecule has 0 fully saturated rings. The fourth-order valence-electron chi connectivity index (χ4n) is 3.61. The van der Waals surface area contributed by atoms with Gasteiger partial charge in [-0.1, -0.05) is 50.3 Å². The molecular weight excluding hydrogens is 400 g/mol. The third kappa shape index (κ3) is 6.61. The third-order valence-corrected chi connectivity index (χ3v) is 5.36. The van der Waals surface area contributed by atoms with Crippen LogP contribution in [0.25, 0.3) is 0 Å². The highest BCUT2D eigenvalue weighted by Gasteiger charge is 2.35. The molecule has 0 aliphatic heterocycles.